The van der Waals surface area contributed by atoms with Gasteiger partial charge in [-0.25, -0.2) is 4.79 Å². The molecule has 0 unspecified atom stereocenters. The molecule has 1 heterocycles. The predicted molar refractivity (Wildman–Crippen MR) is 80.9 cm³/mol. The van der Waals surface area contributed by atoms with Crippen LogP contribution in [0.1, 0.15) is 51.6 Å². The first kappa shape index (κ1) is 14.9. The molecule has 2 N–H and O–H groups in total. The monoisotopic (exact) mass is 276 g/mol. The average Bonchev–Trinajstić information content (AvgIpc) is 2.38. The van der Waals surface area contributed by atoms with Crippen LogP contribution < -0.4 is 10.6 Å². The topological polar surface area (TPSA) is 50.4 Å². The number of anilines is 1. The molecule has 2 rings (SSSR count). The van der Waals surface area contributed by atoms with Gasteiger partial charge in [0.15, 0.2) is 0 Å². The zero-order valence-electron chi connectivity index (χ0n) is 12.5. The van der Waals surface area contributed by atoms with Gasteiger partial charge in [0.2, 0.25) is 0 Å². The van der Waals surface area contributed by atoms with Gasteiger partial charge in [-0.1, -0.05) is 18.6 Å². The van der Waals surface area contributed by atoms with E-state index in [0.29, 0.717) is 6.04 Å². The first-order valence-corrected chi connectivity index (χ1v) is 7.27. The fourth-order valence-electron chi connectivity index (χ4n) is 2.39. The standard InChI is InChI=1S/C16H24N2O2/c1-16(2,3)20-15(19)18-13-8-6-7-12(11-13)14-9-4-5-10-17-14/h6-8,11,14,17H,4-5,9-10H2,1-3H3,(H,18,19)/t14-/m0/s1. The quantitative estimate of drug-likeness (QED) is 0.862. The summed E-state index contributed by atoms with van der Waals surface area (Å²) in [4.78, 5) is 11.8. The number of amides is 1. The second kappa shape index (κ2) is 6.27. The van der Waals surface area contributed by atoms with E-state index >= 15 is 0 Å². The first-order chi connectivity index (χ1) is 9.44. The van der Waals surface area contributed by atoms with Crippen LogP contribution in [0.2, 0.25) is 0 Å². The normalized spacial score (nSPS) is 19.4. The molecule has 0 spiro atoms. The molecule has 1 aromatic carbocycles. The van der Waals surface area contributed by atoms with E-state index in [-0.39, 0.29) is 0 Å². The minimum absolute atomic E-state index is 0.393. The van der Waals surface area contributed by atoms with E-state index in [2.05, 4.69) is 16.7 Å². The molecule has 0 radical (unpaired) electrons. The second-order valence-electron chi connectivity index (χ2n) is 6.25. The lowest BCUT2D eigenvalue weighted by Gasteiger charge is -2.24. The van der Waals surface area contributed by atoms with E-state index in [0.717, 1.165) is 18.7 Å². The number of ether oxygens (including phenoxy) is 1. The average molecular weight is 276 g/mol. The number of benzene rings is 1. The van der Waals surface area contributed by atoms with E-state index in [9.17, 15) is 4.79 Å². The first-order valence-electron chi connectivity index (χ1n) is 7.27. The Kier molecular flexibility index (Phi) is 4.65. The van der Waals surface area contributed by atoms with Crippen LogP contribution in [-0.4, -0.2) is 18.2 Å². The van der Waals surface area contributed by atoms with Crippen molar-refractivity contribution in [1.82, 2.24) is 5.32 Å². The Bertz CT molecular complexity index is 460. The maximum Gasteiger partial charge on any atom is 0.412 e. The van der Waals surface area contributed by atoms with Crippen molar-refractivity contribution in [3.63, 3.8) is 0 Å². The summed E-state index contributed by atoms with van der Waals surface area (Å²) in [6, 6.07) is 8.37. The lowest BCUT2D eigenvalue weighted by molar-refractivity contribution is 0.0636. The summed E-state index contributed by atoms with van der Waals surface area (Å²) in [5.74, 6) is 0. The fraction of sp³-hybridized carbons (Fsp3) is 0.562. The van der Waals surface area contributed by atoms with Crippen LogP contribution in [0.4, 0.5) is 10.5 Å². The van der Waals surface area contributed by atoms with Crippen molar-refractivity contribution >= 4 is 11.8 Å². The van der Waals surface area contributed by atoms with Crippen molar-refractivity contribution in [2.24, 2.45) is 0 Å². The summed E-state index contributed by atoms with van der Waals surface area (Å²) >= 11 is 0. The Morgan fingerprint density at radius 2 is 2.15 bits per heavy atom. The minimum Gasteiger partial charge on any atom is -0.444 e. The fourth-order valence-corrected chi connectivity index (χ4v) is 2.39. The highest BCUT2D eigenvalue weighted by molar-refractivity contribution is 5.84. The Morgan fingerprint density at radius 3 is 2.80 bits per heavy atom. The maximum atomic E-state index is 11.8. The predicted octanol–water partition coefficient (Wildman–Crippen LogP) is 3.85. The van der Waals surface area contributed by atoms with Gasteiger partial charge < -0.3 is 10.1 Å². The van der Waals surface area contributed by atoms with Crippen LogP contribution >= 0.6 is 0 Å². The van der Waals surface area contributed by atoms with Gasteiger partial charge in [0.05, 0.1) is 0 Å². The van der Waals surface area contributed by atoms with Crippen LogP contribution in [0.25, 0.3) is 0 Å². The molecule has 1 aliphatic heterocycles. The lowest BCUT2D eigenvalue weighted by atomic mass is 9.97. The van der Waals surface area contributed by atoms with Crippen LogP contribution in [-0.2, 0) is 4.74 Å². The maximum absolute atomic E-state index is 11.8. The molecular formula is C16H24N2O2. The van der Waals surface area contributed by atoms with Crippen molar-refractivity contribution < 1.29 is 9.53 Å². The van der Waals surface area contributed by atoms with Gasteiger partial charge >= 0.3 is 6.09 Å². The highest BCUT2D eigenvalue weighted by Gasteiger charge is 2.17. The molecule has 1 saturated heterocycles. The number of piperidine rings is 1. The number of rotatable bonds is 2. The molecule has 0 bridgehead atoms. The van der Waals surface area contributed by atoms with E-state index in [1.54, 1.807) is 0 Å². The van der Waals surface area contributed by atoms with E-state index in [1.165, 1.54) is 18.4 Å². The molecule has 0 saturated carbocycles. The molecule has 1 amide bonds. The summed E-state index contributed by atoms with van der Waals surface area (Å²) in [5.41, 5.74) is 1.52. The molecule has 1 atom stereocenters. The largest absolute Gasteiger partial charge is 0.444 e. The third kappa shape index (κ3) is 4.53. The molecule has 1 fully saturated rings. The number of carbonyl (C=O) groups is 1. The third-order valence-electron chi connectivity index (χ3n) is 3.24. The molecule has 4 nitrogen and oxygen atoms in total. The van der Waals surface area contributed by atoms with Crippen molar-refractivity contribution in [2.75, 3.05) is 11.9 Å². The van der Waals surface area contributed by atoms with Gasteiger partial charge in [-0.2, -0.15) is 0 Å². The van der Waals surface area contributed by atoms with Gasteiger partial charge in [0.1, 0.15) is 5.60 Å². The highest BCUT2D eigenvalue weighted by Crippen LogP contribution is 2.25. The lowest BCUT2D eigenvalue weighted by Crippen LogP contribution is -2.28. The van der Waals surface area contributed by atoms with Crippen LogP contribution in [0.15, 0.2) is 24.3 Å². The van der Waals surface area contributed by atoms with Gasteiger partial charge in [-0.05, 0) is 57.9 Å². The van der Waals surface area contributed by atoms with Crippen molar-refractivity contribution in [3.8, 4) is 0 Å². The number of hydrogen-bond acceptors (Lipinski definition) is 3. The third-order valence-corrected chi connectivity index (χ3v) is 3.24. The molecule has 1 aromatic rings. The molecule has 0 aliphatic carbocycles. The second-order valence-corrected chi connectivity index (χ2v) is 6.25. The van der Waals surface area contributed by atoms with Gasteiger partial charge in [0.25, 0.3) is 0 Å². The molecule has 20 heavy (non-hydrogen) atoms. The summed E-state index contributed by atoms with van der Waals surface area (Å²) in [6.45, 7) is 6.63. The van der Waals surface area contributed by atoms with Crippen LogP contribution in [0.3, 0.4) is 0 Å². The molecular weight excluding hydrogens is 252 g/mol. The van der Waals surface area contributed by atoms with E-state index < -0.39 is 11.7 Å². The zero-order chi connectivity index (χ0) is 14.6. The molecule has 110 valence electrons. The number of carbonyl (C=O) groups excluding carboxylic acids is 1. The van der Waals surface area contributed by atoms with Crippen molar-refractivity contribution in [2.45, 2.75) is 51.7 Å². The Hall–Kier alpha value is -1.55. The van der Waals surface area contributed by atoms with Gasteiger partial charge in [-0.3, -0.25) is 5.32 Å². The zero-order valence-corrected chi connectivity index (χ0v) is 12.5. The Morgan fingerprint density at radius 1 is 1.35 bits per heavy atom. The van der Waals surface area contributed by atoms with Crippen molar-refractivity contribution in [1.29, 1.82) is 0 Å². The van der Waals surface area contributed by atoms with Crippen molar-refractivity contribution in [3.05, 3.63) is 29.8 Å². The summed E-state index contributed by atoms with van der Waals surface area (Å²) in [6.07, 6.45) is 3.23. The smallest absolute Gasteiger partial charge is 0.412 e. The Labute approximate surface area is 120 Å². The van der Waals surface area contributed by atoms with E-state index in [1.807, 2.05) is 39.0 Å². The highest BCUT2D eigenvalue weighted by atomic mass is 16.6. The van der Waals surface area contributed by atoms with E-state index in [4.69, 9.17) is 4.74 Å². The minimum atomic E-state index is -0.480. The number of nitrogens with one attached hydrogen (secondary N) is 2. The summed E-state index contributed by atoms with van der Waals surface area (Å²) < 4.78 is 5.26. The van der Waals surface area contributed by atoms with Crippen LogP contribution in [0, 0.1) is 0 Å². The molecule has 4 heteroatoms. The van der Waals surface area contributed by atoms with Crippen LogP contribution in [0.5, 0.6) is 0 Å². The summed E-state index contributed by atoms with van der Waals surface area (Å²) in [7, 11) is 0. The molecule has 1 aliphatic rings. The number of hydrogen-bond donors (Lipinski definition) is 2. The SMILES string of the molecule is CC(C)(C)OC(=O)Nc1cccc([C@@H]2CCCCN2)c1. The summed E-state index contributed by atoms with van der Waals surface area (Å²) in [5, 5.41) is 6.30. The molecule has 0 aromatic heterocycles. The van der Waals surface area contributed by atoms with Gasteiger partial charge in [-0.15, -0.1) is 0 Å². The van der Waals surface area contributed by atoms with Gasteiger partial charge in [0, 0.05) is 11.7 Å². The Balaban J connectivity index is 2.00.